The van der Waals surface area contributed by atoms with Gasteiger partial charge < -0.3 is 15.5 Å². The van der Waals surface area contributed by atoms with E-state index in [1.54, 1.807) is 12.1 Å². The molecular weight excluding hydrogens is 232 g/mol. The van der Waals surface area contributed by atoms with Crippen LogP contribution in [0.2, 0.25) is 0 Å². The molecule has 1 aromatic heterocycles. The molecular formula is C12H18N4O2. The summed E-state index contributed by atoms with van der Waals surface area (Å²) in [4.78, 5) is 15.8. The largest absolute Gasteiger partial charge is 0.378 e. The minimum absolute atomic E-state index is 0.121. The van der Waals surface area contributed by atoms with Crippen LogP contribution in [0.1, 0.15) is 29.6 Å². The Morgan fingerprint density at radius 3 is 3.06 bits per heavy atom. The van der Waals surface area contributed by atoms with Gasteiger partial charge in [-0.25, -0.2) is 10.8 Å². The predicted octanol–water partition coefficient (Wildman–Crippen LogP) is 0.666. The Morgan fingerprint density at radius 2 is 2.44 bits per heavy atom. The fourth-order valence-corrected chi connectivity index (χ4v) is 1.93. The fourth-order valence-electron chi connectivity index (χ4n) is 1.93. The maximum absolute atomic E-state index is 11.8. The molecule has 1 saturated heterocycles. The molecule has 1 atom stereocenters. The first-order valence-corrected chi connectivity index (χ1v) is 6.12. The maximum atomic E-state index is 11.8. The summed E-state index contributed by atoms with van der Waals surface area (Å²) in [5.41, 5.74) is 2.94. The standard InChI is InChI=1S/C12H18N4O2/c13-16-11-4-3-9(8-15-11)12(17)14-6-5-10-2-1-7-18-10/h3-4,8,10H,1-2,5-7,13H2,(H,14,17)(H,15,16). The molecule has 18 heavy (non-hydrogen) atoms. The van der Waals surface area contributed by atoms with Crippen LogP contribution in [0.25, 0.3) is 0 Å². The predicted molar refractivity (Wildman–Crippen MR) is 68.0 cm³/mol. The lowest BCUT2D eigenvalue weighted by atomic mass is 10.2. The lowest BCUT2D eigenvalue weighted by Gasteiger charge is -2.10. The summed E-state index contributed by atoms with van der Waals surface area (Å²) < 4.78 is 5.48. The topological polar surface area (TPSA) is 89.3 Å². The van der Waals surface area contributed by atoms with Gasteiger partial charge in [-0.3, -0.25) is 4.79 Å². The molecule has 1 aromatic rings. The van der Waals surface area contributed by atoms with Gasteiger partial charge in [0.1, 0.15) is 5.82 Å². The number of anilines is 1. The summed E-state index contributed by atoms with van der Waals surface area (Å²) in [5.74, 6) is 5.61. The number of hydrogen-bond donors (Lipinski definition) is 3. The van der Waals surface area contributed by atoms with E-state index in [0.717, 1.165) is 25.9 Å². The van der Waals surface area contributed by atoms with Gasteiger partial charge in [-0.2, -0.15) is 0 Å². The number of hydrazine groups is 1. The number of amides is 1. The second-order valence-electron chi connectivity index (χ2n) is 4.26. The van der Waals surface area contributed by atoms with E-state index in [0.29, 0.717) is 24.0 Å². The molecule has 2 rings (SSSR count). The Labute approximate surface area is 106 Å². The second kappa shape index (κ2) is 6.32. The third kappa shape index (κ3) is 3.41. The van der Waals surface area contributed by atoms with Gasteiger partial charge in [0.15, 0.2) is 0 Å². The van der Waals surface area contributed by atoms with E-state index >= 15 is 0 Å². The van der Waals surface area contributed by atoms with Crippen molar-refractivity contribution >= 4 is 11.7 Å². The highest BCUT2D eigenvalue weighted by atomic mass is 16.5. The first-order valence-electron chi connectivity index (χ1n) is 6.12. The van der Waals surface area contributed by atoms with Crippen LogP contribution in [-0.4, -0.2) is 30.1 Å². The van der Waals surface area contributed by atoms with Crippen molar-refractivity contribution in [3.8, 4) is 0 Å². The molecule has 4 N–H and O–H groups in total. The van der Waals surface area contributed by atoms with E-state index in [9.17, 15) is 4.79 Å². The van der Waals surface area contributed by atoms with Crippen molar-refractivity contribution in [1.29, 1.82) is 0 Å². The van der Waals surface area contributed by atoms with Gasteiger partial charge in [0.2, 0.25) is 0 Å². The summed E-state index contributed by atoms with van der Waals surface area (Å²) in [6.07, 6.45) is 4.87. The number of carbonyl (C=O) groups is 1. The lowest BCUT2D eigenvalue weighted by molar-refractivity contribution is 0.0907. The minimum Gasteiger partial charge on any atom is -0.378 e. The second-order valence-corrected chi connectivity index (χ2v) is 4.26. The number of nitrogen functional groups attached to an aromatic ring is 1. The van der Waals surface area contributed by atoms with Crippen molar-refractivity contribution in [3.05, 3.63) is 23.9 Å². The molecule has 6 heteroatoms. The van der Waals surface area contributed by atoms with Crippen molar-refractivity contribution in [2.75, 3.05) is 18.6 Å². The first kappa shape index (κ1) is 12.8. The van der Waals surface area contributed by atoms with Gasteiger partial charge >= 0.3 is 0 Å². The number of carbonyl (C=O) groups excluding carboxylic acids is 1. The molecule has 0 aromatic carbocycles. The van der Waals surface area contributed by atoms with E-state index in [2.05, 4.69) is 15.7 Å². The minimum atomic E-state index is -0.121. The molecule has 1 unspecified atom stereocenters. The average molecular weight is 250 g/mol. The Hall–Kier alpha value is -1.66. The van der Waals surface area contributed by atoms with E-state index < -0.39 is 0 Å². The zero-order valence-corrected chi connectivity index (χ0v) is 10.2. The first-order chi connectivity index (χ1) is 8.79. The normalized spacial score (nSPS) is 18.6. The number of aromatic nitrogens is 1. The van der Waals surface area contributed by atoms with Crippen LogP contribution in [0.5, 0.6) is 0 Å². The summed E-state index contributed by atoms with van der Waals surface area (Å²) in [6.45, 7) is 1.47. The number of pyridine rings is 1. The molecule has 1 aliphatic rings. The molecule has 0 bridgehead atoms. The van der Waals surface area contributed by atoms with Crippen LogP contribution >= 0.6 is 0 Å². The molecule has 0 spiro atoms. The number of nitrogens with one attached hydrogen (secondary N) is 2. The third-order valence-electron chi connectivity index (χ3n) is 2.95. The SMILES string of the molecule is NNc1ccc(C(=O)NCCC2CCCO2)cn1. The summed E-state index contributed by atoms with van der Waals surface area (Å²) in [7, 11) is 0. The molecule has 98 valence electrons. The average Bonchev–Trinajstić information content (AvgIpc) is 2.92. The Bertz CT molecular complexity index is 388. The number of nitrogens with two attached hydrogens (primary N) is 1. The van der Waals surface area contributed by atoms with Crippen molar-refractivity contribution < 1.29 is 9.53 Å². The van der Waals surface area contributed by atoms with Crippen molar-refractivity contribution in [2.24, 2.45) is 5.84 Å². The van der Waals surface area contributed by atoms with E-state index in [1.165, 1.54) is 6.20 Å². The van der Waals surface area contributed by atoms with Gasteiger partial charge in [0.05, 0.1) is 11.7 Å². The van der Waals surface area contributed by atoms with Crippen LogP contribution < -0.4 is 16.6 Å². The highest BCUT2D eigenvalue weighted by Gasteiger charge is 2.15. The highest BCUT2D eigenvalue weighted by molar-refractivity contribution is 5.93. The molecule has 0 saturated carbocycles. The van der Waals surface area contributed by atoms with E-state index in [-0.39, 0.29) is 5.91 Å². The number of ether oxygens (including phenoxy) is 1. The zero-order chi connectivity index (χ0) is 12.8. The van der Waals surface area contributed by atoms with Crippen molar-refractivity contribution in [1.82, 2.24) is 10.3 Å². The third-order valence-corrected chi connectivity index (χ3v) is 2.95. The van der Waals surface area contributed by atoms with Gasteiger partial charge in [-0.05, 0) is 31.4 Å². The van der Waals surface area contributed by atoms with Crippen molar-refractivity contribution in [2.45, 2.75) is 25.4 Å². The van der Waals surface area contributed by atoms with Crippen LogP contribution in [-0.2, 0) is 4.74 Å². The number of hydrogen-bond acceptors (Lipinski definition) is 5. The van der Waals surface area contributed by atoms with Crippen LogP contribution in [0.3, 0.4) is 0 Å². The summed E-state index contributed by atoms with van der Waals surface area (Å²) in [6, 6.07) is 3.35. The molecule has 2 heterocycles. The van der Waals surface area contributed by atoms with Gasteiger partial charge in [-0.1, -0.05) is 0 Å². The fraction of sp³-hybridized carbons (Fsp3) is 0.500. The molecule has 1 amide bonds. The molecule has 6 nitrogen and oxygen atoms in total. The summed E-state index contributed by atoms with van der Waals surface area (Å²) >= 11 is 0. The number of rotatable bonds is 5. The highest BCUT2D eigenvalue weighted by Crippen LogP contribution is 2.14. The lowest BCUT2D eigenvalue weighted by Crippen LogP contribution is -2.27. The van der Waals surface area contributed by atoms with Crippen LogP contribution in [0, 0.1) is 0 Å². The molecule has 0 aliphatic carbocycles. The Balaban J connectivity index is 1.76. The Kier molecular flexibility index (Phi) is 4.49. The van der Waals surface area contributed by atoms with Crippen LogP contribution in [0.4, 0.5) is 5.82 Å². The van der Waals surface area contributed by atoms with Gasteiger partial charge in [0.25, 0.3) is 5.91 Å². The van der Waals surface area contributed by atoms with Crippen molar-refractivity contribution in [3.63, 3.8) is 0 Å². The summed E-state index contributed by atoms with van der Waals surface area (Å²) in [5, 5.41) is 2.85. The monoisotopic (exact) mass is 250 g/mol. The molecule has 1 aliphatic heterocycles. The Morgan fingerprint density at radius 1 is 1.56 bits per heavy atom. The smallest absolute Gasteiger partial charge is 0.252 e. The van der Waals surface area contributed by atoms with Gasteiger partial charge in [0, 0.05) is 19.3 Å². The van der Waals surface area contributed by atoms with E-state index in [1.807, 2.05) is 0 Å². The zero-order valence-electron chi connectivity index (χ0n) is 10.2. The van der Waals surface area contributed by atoms with Crippen LogP contribution in [0.15, 0.2) is 18.3 Å². The van der Waals surface area contributed by atoms with Gasteiger partial charge in [-0.15, -0.1) is 0 Å². The quantitative estimate of drug-likeness (QED) is 0.528. The molecule has 1 fully saturated rings. The molecule has 0 radical (unpaired) electrons. The maximum Gasteiger partial charge on any atom is 0.252 e. The van der Waals surface area contributed by atoms with E-state index in [4.69, 9.17) is 10.6 Å². The number of nitrogens with zero attached hydrogens (tertiary/aromatic N) is 1.